The SMILES string of the molecule is CCC(C1CC1)N1CC(CCO)CC(NCC(F)(F)F)C1. The molecule has 2 rings (SSSR count). The van der Waals surface area contributed by atoms with Crippen molar-refractivity contribution in [3.63, 3.8) is 0 Å². The van der Waals surface area contributed by atoms with Crippen LogP contribution in [0.15, 0.2) is 0 Å². The quantitative estimate of drug-likeness (QED) is 0.758. The fourth-order valence-electron chi connectivity index (χ4n) is 3.68. The summed E-state index contributed by atoms with van der Waals surface area (Å²) in [6, 6.07) is 0.381. The van der Waals surface area contributed by atoms with Crippen LogP contribution in [0, 0.1) is 11.8 Å². The number of nitrogens with one attached hydrogen (secondary N) is 1. The molecule has 1 heterocycles. The standard InChI is InChI=1S/C15H27F3N2O/c1-2-14(12-3-4-12)20-8-11(5-6-21)7-13(9-20)19-10-15(16,17)18/h11-14,19,21H,2-10H2,1H3. The van der Waals surface area contributed by atoms with Gasteiger partial charge in [0.1, 0.15) is 0 Å². The van der Waals surface area contributed by atoms with Crippen LogP contribution < -0.4 is 5.32 Å². The topological polar surface area (TPSA) is 35.5 Å². The third-order valence-corrected chi connectivity index (χ3v) is 4.75. The molecule has 0 aromatic rings. The lowest BCUT2D eigenvalue weighted by atomic mass is 9.89. The van der Waals surface area contributed by atoms with Gasteiger partial charge in [-0.05, 0) is 43.9 Å². The maximum atomic E-state index is 12.4. The summed E-state index contributed by atoms with van der Waals surface area (Å²) in [6.07, 6.45) is 0.814. The van der Waals surface area contributed by atoms with E-state index >= 15 is 0 Å². The Hall–Kier alpha value is -0.330. The first-order chi connectivity index (χ1) is 9.93. The van der Waals surface area contributed by atoms with Crippen LogP contribution in [0.5, 0.6) is 0 Å². The van der Waals surface area contributed by atoms with Crippen molar-refractivity contribution in [2.45, 2.75) is 57.3 Å². The molecule has 3 atom stereocenters. The van der Waals surface area contributed by atoms with Gasteiger partial charge in [-0.3, -0.25) is 4.90 Å². The first-order valence-electron chi connectivity index (χ1n) is 8.08. The average molecular weight is 308 g/mol. The van der Waals surface area contributed by atoms with Gasteiger partial charge in [0.15, 0.2) is 0 Å². The van der Waals surface area contributed by atoms with E-state index in [0.717, 1.165) is 25.3 Å². The first kappa shape index (κ1) is 17.0. The van der Waals surface area contributed by atoms with Gasteiger partial charge in [-0.1, -0.05) is 6.92 Å². The molecule has 1 saturated carbocycles. The monoisotopic (exact) mass is 308 g/mol. The van der Waals surface area contributed by atoms with Gasteiger partial charge in [-0.2, -0.15) is 13.2 Å². The Balaban J connectivity index is 1.93. The molecule has 0 radical (unpaired) electrons. The van der Waals surface area contributed by atoms with Crippen LogP contribution in [0.4, 0.5) is 13.2 Å². The van der Waals surface area contributed by atoms with Crippen molar-refractivity contribution in [1.82, 2.24) is 10.2 Å². The number of rotatable bonds is 7. The number of likely N-dealkylation sites (tertiary alicyclic amines) is 1. The molecule has 0 amide bonds. The van der Waals surface area contributed by atoms with Crippen molar-refractivity contribution in [3.8, 4) is 0 Å². The molecule has 2 N–H and O–H groups in total. The molecule has 3 nitrogen and oxygen atoms in total. The summed E-state index contributed by atoms with van der Waals surface area (Å²) in [7, 11) is 0. The van der Waals surface area contributed by atoms with Crippen LogP contribution in [-0.4, -0.2) is 54.5 Å². The second-order valence-corrected chi connectivity index (χ2v) is 6.57. The summed E-state index contributed by atoms with van der Waals surface area (Å²) in [5.41, 5.74) is 0. The van der Waals surface area contributed by atoms with E-state index in [1.54, 1.807) is 0 Å². The van der Waals surface area contributed by atoms with Crippen LogP contribution in [-0.2, 0) is 0 Å². The van der Waals surface area contributed by atoms with Crippen LogP contribution in [0.25, 0.3) is 0 Å². The van der Waals surface area contributed by atoms with E-state index in [1.165, 1.54) is 12.8 Å². The number of aliphatic hydroxyl groups is 1. The van der Waals surface area contributed by atoms with Crippen LogP contribution in [0.1, 0.15) is 39.0 Å². The molecular weight excluding hydrogens is 281 g/mol. The molecule has 6 heteroatoms. The van der Waals surface area contributed by atoms with Gasteiger partial charge < -0.3 is 10.4 Å². The van der Waals surface area contributed by atoms with Crippen molar-refractivity contribution >= 4 is 0 Å². The van der Waals surface area contributed by atoms with Crippen LogP contribution >= 0.6 is 0 Å². The van der Waals surface area contributed by atoms with E-state index < -0.39 is 12.7 Å². The maximum absolute atomic E-state index is 12.4. The fraction of sp³-hybridized carbons (Fsp3) is 1.00. The molecule has 0 aromatic carbocycles. The molecule has 21 heavy (non-hydrogen) atoms. The number of alkyl halides is 3. The lowest BCUT2D eigenvalue weighted by molar-refractivity contribution is -0.127. The van der Waals surface area contributed by atoms with Gasteiger partial charge in [0, 0.05) is 31.8 Å². The fourth-order valence-corrected chi connectivity index (χ4v) is 3.68. The molecule has 124 valence electrons. The molecule has 1 saturated heterocycles. The molecule has 1 aliphatic carbocycles. The average Bonchev–Trinajstić information content (AvgIpc) is 3.21. The zero-order valence-corrected chi connectivity index (χ0v) is 12.7. The molecule has 2 aliphatic rings. The highest BCUT2D eigenvalue weighted by atomic mass is 19.4. The highest BCUT2D eigenvalue weighted by Crippen LogP contribution is 2.38. The van der Waals surface area contributed by atoms with E-state index in [9.17, 15) is 13.2 Å². The van der Waals surface area contributed by atoms with Gasteiger partial charge in [0.2, 0.25) is 0 Å². The number of hydrogen-bond acceptors (Lipinski definition) is 3. The molecule has 0 aromatic heterocycles. The minimum Gasteiger partial charge on any atom is -0.396 e. The van der Waals surface area contributed by atoms with Gasteiger partial charge in [0.05, 0.1) is 6.54 Å². The van der Waals surface area contributed by atoms with Crippen molar-refractivity contribution in [1.29, 1.82) is 0 Å². The molecular formula is C15H27F3N2O. The zero-order valence-electron chi connectivity index (χ0n) is 12.7. The predicted molar refractivity (Wildman–Crippen MR) is 76.0 cm³/mol. The lowest BCUT2D eigenvalue weighted by Crippen LogP contribution is -2.54. The second kappa shape index (κ2) is 7.29. The highest BCUT2D eigenvalue weighted by Gasteiger charge is 2.38. The van der Waals surface area contributed by atoms with E-state index in [4.69, 9.17) is 5.11 Å². The lowest BCUT2D eigenvalue weighted by Gasteiger charge is -2.42. The van der Waals surface area contributed by atoms with Gasteiger partial charge in [0.25, 0.3) is 0 Å². The van der Waals surface area contributed by atoms with Gasteiger partial charge in [-0.15, -0.1) is 0 Å². The van der Waals surface area contributed by atoms with E-state index in [1.807, 2.05) is 0 Å². The first-order valence-corrected chi connectivity index (χ1v) is 8.08. The Labute approximate surface area is 124 Å². The highest BCUT2D eigenvalue weighted by molar-refractivity contribution is 4.93. The predicted octanol–water partition coefficient (Wildman–Crippen LogP) is 2.40. The van der Waals surface area contributed by atoms with Gasteiger partial charge >= 0.3 is 6.18 Å². The third kappa shape index (κ3) is 5.42. The summed E-state index contributed by atoms with van der Waals surface area (Å²) in [6.45, 7) is 2.98. The third-order valence-electron chi connectivity index (χ3n) is 4.75. The minimum atomic E-state index is -4.16. The largest absolute Gasteiger partial charge is 0.401 e. The van der Waals surface area contributed by atoms with E-state index in [2.05, 4.69) is 17.1 Å². The Morgan fingerprint density at radius 2 is 2.00 bits per heavy atom. The molecule has 0 spiro atoms. The molecule has 0 bridgehead atoms. The van der Waals surface area contributed by atoms with Crippen molar-refractivity contribution in [2.24, 2.45) is 11.8 Å². The summed E-state index contributed by atoms with van der Waals surface area (Å²) in [5, 5.41) is 11.8. The van der Waals surface area contributed by atoms with Crippen LogP contribution in [0.3, 0.4) is 0 Å². The summed E-state index contributed by atoms with van der Waals surface area (Å²) < 4.78 is 37.2. The molecule has 3 unspecified atom stereocenters. The summed E-state index contributed by atoms with van der Waals surface area (Å²) >= 11 is 0. The number of halogens is 3. The number of hydrogen-bond donors (Lipinski definition) is 2. The zero-order chi connectivity index (χ0) is 15.5. The molecule has 1 aliphatic heterocycles. The Kier molecular flexibility index (Phi) is 5.91. The van der Waals surface area contributed by atoms with Crippen molar-refractivity contribution in [2.75, 3.05) is 26.2 Å². The Morgan fingerprint density at radius 3 is 2.52 bits per heavy atom. The molecule has 2 fully saturated rings. The number of aliphatic hydroxyl groups excluding tert-OH is 1. The normalized spacial score (nSPS) is 29.6. The van der Waals surface area contributed by atoms with E-state index in [0.29, 0.717) is 24.9 Å². The Morgan fingerprint density at radius 1 is 1.29 bits per heavy atom. The second-order valence-electron chi connectivity index (χ2n) is 6.57. The summed E-state index contributed by atoms with van der Waals surface area (Å²) in [5.74, 6) is 1.02. The van der Waals surface area contributed by atoms with Crippen LogP contribution in [0.2, 0.25) is 0 Å². The number of nitrogens with zero attached hydrogens (tertiary/aromatic N) is 1. The number of piperidine rings is 1. The van der Waals surface area contributed by atoms with E-state index in [-0.39, 0.29) is 12.6 Å². The minimum absolute atomic E-state index is 0.116. The van der Waals surface area contributed by atoms with Crippen molar-refractivity contribution in [3.05, 3.63) is 0 Å². The smallest absolute Gasteiger partial charge is 0.396 e. The maximum Gasteiger partial charge on any atom is 0.401 e. The Bertz CT molecular complexity index is 321. The summed E-state index contributed by atoms with van der Waals surface area (Å²) in [4.78, 5) is 2.37. The van der Waals surface area contributed by atoms with Crippen molar-refractivity contribution < 1.29 is 18.3 Å². The van der Waals surface area contributed by atoms with Gasteiger partial charge in [-0.25, -0.2) is 0 Å².